The van der Waals surface area contributed by atoms with E-state index in [1.165, 1.54) is 31.0 Å². The Labute approximate surface area is 187 Å². The smallest absolute Gasteiger partial charge is 0.264 e. The minimum absolute atomic E-state index is 0.0934. The predicted molar refractivity (Wildman–Crippen MR) is 126 cm³/mol. The molecular weight excluding hydrogens is 432 g/mol. The van der Waals surface area contributed by atoms with E-state index >= 15 is 0 Å². The van der Waals surface area contributed by atoms with Crippen LogP contribution in [-0.4, -0.2) is 34.2 Å². The first kappa shape index (κ1) is 22.7. The molecule has 0 saturated carbocycles. The molecular formula is C23H24N2O4S2. The number of hydrogen-bond donors (Lipinski definition) is 1. The lowest BCUT2D eigenvalue weighted by Crippen LogP contribution is -2.38. The summed E-state index contributed by atoms with van der Waals surface area (Å²) < 4.78 is 33.5. The number of anilines is 2. The van der Waals surface area contributed by atoms with E-state index in [1.54, 1.807) is 36.4 Å². The third kappa shape index (κ3) is 5.21. The fraction of sp³-hybridized carbons (Fsp3) is 0.174. The van der Waals surface area contributed by atoms with Gasteiger partial charge in [-0.05, 0) is 55.1 Å². The van der Waals surface area contributed by atoms with Crippen molar-refractivity contribution < 1.29 is 17.9 Å². The number of rotatable bonds is 8. The van der Waals surface area contributed by atoms with E-state index in [0.29, 0.717) is 17.1 Å². The molecule has 3 aromatic rings. The average molecular weight is 457 g/mol. The van der Waals surface area contributed by atoms with Gasteiger partial charge >= 0.3 is 0 Å². The van der Waals surface area contributed by atoms with Gasteiger partial charge in [0.15, 0.2) is 0 Å². The molecule has 0 bridgehead atoms. The van der Waals surface area contributed by atoms with Crippen LogP contribution in [0.25, 0.3) is 0 Å². The molecule has 0 radical (unpaired) electrons. The summed E-state index contributed by atoms with van der Waals surface area (Å²) in [6.07, 6.45) is 1.91. The van der Waals surface area contributed by atoms with Gasteiger partial charge in [-0.1, -0.05) is 36.4 Å². The van der Waals surface area contributed by atoms with Gasteiger partial charge in [-0.3, -0.25) is 9.10 Å². The summed E-state index contributed by atoms with van der Waals surface area (Å²) in [5, 5.41) is 2.83. The Bertz CT molecular complexity index is 1170. The Morgan fingerprint density at radius 1 is 1.03 bits per heavy atom. The number of nitrogens with one attached hydrogen (secondary N) is 1. The molecule has 0 unspecified atom stereocenters. The van der Waals surface area contributed by atoms with Gasteiger partial charge in [0, 0.05) is 4.90 Å². The van der Waals surface area contributed by atoms with Gasteiger partial charge in [-0.2, -0.15) is 0 Å². The Hall–Kier alpha value is -2.97. The Morgan fingerprint density at radius 3 is 2.39 bits per heavy atom. The normalized spacial score (nSPS) is 11.1. The fourth-order valence-electron chi connectivity index (χ4n) is 3.08. The largest absolute Gasteiger partial charge is 0.495 e. The molecule has 162 valence electrons. The first-order valence-electron chi connectivity index (χ1n) is 9.52. The number of amides is 1. The van der Waals surface area contributed by atoms with Crippen LogP contribution < -0.4 is 14.4 Å². The lowest BCUT2D eigenvalue weighted by molar-refractivity contribution is -0.114. The van der Waals surface area contributed by atoms with Crippen molar-refractivity contribution in [2.24, 2.45) is 0 Å². The van der Waals surface area contributed by atoms with Crippen molar-refractivity contribution in [3.8, 4) is 5.75 Å². The lowest BCUT2D eigenvalue weighted by Gasteiger charge is -2.26. The summed E-state index contributed by atoms with van der Waals surface area (Å²) in [6.45, 7) is 1.45. The van der Waals surface area contributed by atoms with E-state index in [2.05, 4.69) is 5.32 Å². The van der Waals surface area contributed by atoms with Crippen molar-refractivity contribution in [3.05, 3.63) is 78.4 Å². The number of methoxy groups -OCH3 is 1. The van der Waals surface area contributed by atoms with Gasteiger partial charge < -0.3 is 10.1 Å². The van der Waals surface area contributed by atoms with Crippen LogP contribution in [0.4, 0.5) is 11.4 Å². The summed E-state index contributed by atoms with van der Waals surface area (Å²) in [6, 6.07) is 20.6. The number of carbonyl (C=O) groups excluding carboxylic acids is 1. The number of sulfonamides is 1. The molecule has 0 aliphatic carbocycles. The van der Waals surface area contributed by atoms with E-state index in [4.69, 9.17) is 4.74 Å². The van der Waals surface area contributed by atoms with E-state index in [0.717, 1.165) is 14.8 Å². The highest BCUT2D eigenvalue weighted by atomic mass is 32.2. The third-order valence-corrected chi connectivity index (χ3v) is 7.17. The summed E-state index contributed by atoms with van der Waals surface area (Å²) in [5.74, 6) is -0.0908. The molecule has 0 spiro atoms. The van der Waals surface area contributed by atoms with Crippen molar-refractivity contribution in [1.29, 1.82) is 0 Å². The Kier molecular flexibility index (Phi) is 7.25. The van der Waals surface area contributed by atoms with Gasteiger partial charge in [-0.15, -0.1) is 11.8 Å². The maximum atomic E-state index is 13.5. The zero-order chi connectivity index (χ0) is 22.4. The van der Waals surface area contributed by atoms with Gasteiger partial charge in [0.1, 0.15) is 12.3 Å². The number of hydrogen-bond acceptors (Lipinski definition) is 5. The maximum absolute atomic E-state index is 13.5. The molecule has 1 N–H and O–H groups in total. The summed E-state index contributed by atoms with van der Waals surface area (Å²) in [7, 11) is -2.55. The third-order valence-electron chi connectivity index (χ3n) is 4.60. The number of nitrogens with zero attached hydrogens (tertiary/aromatic N) is 1. The van der Waals surface area contributed by atoms with Crippen molar-refractivity contribution in [2.75, 3.05) is 29.5 Å². The van der Waals surface area contributed by atoms with Crippen LogP contribution in [0.5, 0.6) is 5.75 Å². The standard InChI is InChI=1S/C23H24N2O4S2/c1-17-13-14-21(29-2)20(15-17)25(31(27,28)18-9-5-4-6-10-18)16-23(26)24-19-11-7-8-12-22(19)30-3/h4-15H,16H2,1-3H3,(H,24,26). The van der Waals surface area contributed by atoms with E-state index in [1.807, 2.05) is 37.4 Å². The highest BCUT2D eigenvalue weighted by molar-refractivity contribution is 7.98. The first-order chi connectivity index (χ1) is 14.9. The highest BCUT2D eigenvalue weighted by Gasteiger charge is 2.29. The summed E-state index contributed by atoms with van der Waals surface area (Å²) in [5.41, 5.74) is 1.78. The molecule has 3 rings (SSSR count). The molecule has 6 nitrogen and oxygen atoms in total. The molecule has 0 saturated heterocycles. The van der Waals surface area contributed by atoms with Crippen molar-refractivity contribution in [3.63, 3.8) is 0 Å². The summed E-state index contributed by atoms with van der Waals surface area (Å²) in [4.78, 5) is 13.9. The zero-order valence-electron chi connectivity index (χ0n) is 17.5. The maximum Gasteiger partial charge on any atom is 0.264 e. The summed E-state index contributed by atoms with van der Waals surface area (Å²) >= 11 is 1.50. The molecule has 0 atom stereocenters. The Balaban J connectivity index is 2.03. The minimum Gasteiger partial charge on any atom is -0.495 e. The highest BCUT2D eigenvalue weighted by Crippen LogP contribution is 2.33. The fourth-order valence-corrected chi connectivity index (χ4v) is 5.08. The number of thioether (sulfide) groups is 1. The van der Waals surface area contributed by atoms with E-state index in [-0.39, 0.29) is 4.90 Å². The molecule has 0 fully saturated rings. The quantitative estimate of drug-likeness (QED) is 0.503. The number of aryl methyl sites for hydroxylation is 1. The van der Waals surface area contributed by atoms with Crippen molar-refractivity contribution >= 4 is 39.1 Å². The molecule has 0 heterocycles. The van der Waals surface area contributed by atoms with Crippen molar-refractivity contribution in [2.45, 2.75) is 16.7 Å². The Morgan fingerprint density at radius 2 is 1.71 bits per heavy atom. The lowest BCUT2D eigenvalue weighted by atomic mass is 10.2. The molecule has 1 amide bonds. The SMILES string of the molecule is COc1ccc(C)cc1N(CC(=O)Nc1ccccc1SC)S(=O)(=O)c1ccccc1. The van der Waals surface area contributed by atoms with Crippen LogP contribution in [0, 0.1) is 6.92 Å². The molecule has 3 aromatic carbocycles. The number of benzene rings is 3. The number of para-hydroxylation sites is 1. The second-order valence-corrected chi connectivity index (χ2v) is 9.46. The van der Waals surface area contributed by atoms with Crippen LogP contribution >= 0.6 is 11.8 Å². The minimum atomic E-state index is -4.02. The van der Waals surface area contributed by atoms with E-state index in [9.17, 15) is 13.2 Å². The van der Waals surface area contributed by atoms with E-state index < -0.39 is 22.5 Å². The predicted octanol–water partition coefficient (Wildman–Crippen LogP) is 4.56. The van der Waals surface area contributed by atoms with Gasteiger partial charge in [0.2, 0.25) is 5.91 Å². The molecule has 31 heavy (non-hydrogen) atoms. The van der Waals surface area contributed by atoms with Crippen molar-refractivity contribution in [1.82, 2.24) is 0 Å². The van der Waals surface area contributed by atoms with Crippen LogP contribution in [0.2, 0.25) is 0 Å². The first-order valence-corrected chi connectivity index (χ1v) is 12.2. The zero-order valence-corrected chi connectivity index (χ0v) is 19.2. The molecule has 0 aliphatic heterocycles. The topological polar surface area (TPSA) is 75.7 Å². The second kappa shape index (κ2) is 9.89. The number of ether oxygens (including phenoxy) is 1. The van der Waals surface area contributed by atoms with Gasteiger partial charge in [0.25, 0.3) is 10.0 Å². The van der Waals surface area contributed by atoms with Gasteiger partial charge in [-0.25, -0.2) is 8.42 Å². The monoisotopic (exact) mass is 456 g/mol. The van der Waals surface area contributed by atoms with Crippen LogP contribution in [-0.2, 0) is 14.8 Å². The van der Waals surface area contributed by atoms with Crippen LogP contribution in [0.3, 0.4) is 0 Å². The van der Waals surface area contributed by atoms with Crippen LogP contribution in [0.1, 0.15) is 5.56 Å². The number of carbonyl (C=O) groups is 1. The average Bonchev–Trinajstić information content (AvgIpc) is 2.78. The second-order valence-electron chi connectivity index (χ2n) is 6.75. The molecule has 0 aromatic heterocycles. The molecule has 0 aliphatic rings. The van der Waals surface area contributed by atoms with Crippen LogP contribution in [0.15, 0.2) is 82.6 Å². The molecule has 8 heteroatoms. The van der Waals surface area contributed by atoms with Gasteiger partial charge in [0.05, 0.1) is 23.4 Å².